The number of carbonyl (C=O) groups excluding carboxylic acids is 2. The van der Waals surface area contributed by atoms with Crippen LogP contribution in [0.4, 0.5) is 10.3 Å². The fraction of sp³-hybridized carbons (Fsp3) is 0.455. The molecule has 0 bridgehead atoms. The number of amides is 2. The van der Waals surface area contributed by atoms with Gasteiger partial charge < -0.3 is 0 Å². The van der Waals surface area contributed by atoms with Crippen LogP contribution in [0.1, 0.15) is 5.01 Å². The van der Waals surface area contributed by atoms with Crippen molar-refractivity contribution in [3.63, 3.8) is 0 Å². The van der Waals surface area contributed by atoms with Crippen LogP contribution in [-0.2, 0) is 19.6 Å². The molecule has 0 atom stereocenters. The molecule has 26 heavy (non-hydrogen) atoms. The van der Waals surface area contributed by atoms with Gasteiger partial charge in [-0.25, -0.2) is 8.42 Å². The van der Waals surface area contributed by atoms with E-state index in [1.807, 2.05) is 0 Å². The number of anilines is 2. The average Bonchev–Trinajstić information content (AvgIpc) is 3.13. The highest BCUT2D eigenvalue weighted by molar-refractivity contribution is 8.01. The highest BCUT2D eigenvalue weighted by Crippen LogP contribution is 2.25. The molecule has 2 aromatic heterocycles. The number of nitrogens with zero attached hydrogens (tertiary/aromatic N) is 5. The van der Waals surface area contributed by atoms with E-state index >= 15 is 0 Å². The van der Waals surface area contributed by atoms with E-state index in [2.05, 4.69) is 31.0 Å². The standard InChI is InChI=1S/C11H15N7O4S4/c1-6-14-15-9(24-6)13-8(20)5-23-11-17-16-10(25-11)12-7(19)4-18(2)26(3,21)22/h4-5H2,1-3H3,(H,12,16,19)(H,13,15,20). The Hall–Kier alpha value is -1.68. The van der Waals surface area contributed by atoms with Crippen LogP contribution in [0.15, 0.2) is 4.34 Å². The minimum absolute atomic E-state index is 0.0953. The lowest BCUT2D eigenvalue weighted by atomic mass is 10.6. The summed E-state index contributed by atoms with van der Waals surface area (Å²) in [5, 5.41) is 21.7. The van der Waals surface area contributed by atoms with Gasteiger partial charge >= 0.3 is 0 Å². The zero-order chi connectivity index (χ0) is 19.3. The second-order valence-electron chi connectivity index (χ2n) is 4.90. The van der Waals surface area contributed by atoms with E-state index in [1.165, 1.54) is 18.4 Å². The van der Waals surface area contributed by atoms with Crippen molar-refractivity contribution >= 4 is 66.5 Å². The van der Waals surface area contributed by atoms with Gasteiger partial charge in [0.1, 0.15) is 5.01 Å². The van der Waals surface area contributed by atoms with Crippen molar-refractivity contribution in [1.82, 2.24) is 24.7 Å². The van der Waals surface area contributed by atoms with Crippen LogP contribution in [0.3, 0.4) is 0 Å². The van der Waals surface area contributed by atoms with E-state index in [4.69, 9.17) is 0 Å². The molecular formula is C11H15N7O4S4. The molecule has 0 radical (unpaired) electrons. The number of aromatic nitrogens is 4. The second-order valence-corrected chi connectivity index (χ2v) is 10.4. The van der Waals surface area contributed by atoms with Gasteiger partial charge in [0.05, 0.1) is 18.6 Å². The Kier molecular flexibility index (Phi) is 6.99. The first kappa shape index (κ1) is 20.6. The van der Waals surface area contributed by atoms with Crippen LogP contribution in [0, 0.1) is 6.92 Å². The van der Waals surface area contributed by atoms with Crippen molar-refractivity contribution in [3.8, 4) is 0 Å². The number of sulfonamides is 1. The molecule has 0 spiro atoms. The van der Waals surface area contributed by atoms with Crippen LogP contribution < -0.4 is 10.6 Å². The third-order valence-corrected chi connectivity index (χ3v) is 6.67. The average molecular weight is 438 g/mol. The first-order valence-corrected chi connectivity index (χ1v) is 11.4. The number of aryl methyl sites for hydroxylation is 1. The van der Waals surface area contributed by atoms with Crippen molar-refractivity contribution in [1.29, 1.82) is 0 Å². The minimum atomic E-state index is -3.44. The quantitative estimate of drug-likeness (QED) is 0.438. The smallest absolute Gasteiger partial charge is 0.241 e. The molecule has 0 aliphatic heterocycles. The van der Waals surface area contributed by atoms with Gasteiger partial charge in [-0.3, -0.25) is 20.2 Å². The second kappa shape index (κ2) is 8.81. The highest BCUT2D eigenvalue weighted by Gasteiger charge is 2.17. The Morgan fingerprint density at radius 1 is 1.08 bits per heavy atom. The van der Waals surface area contributed by atoms with E-state index in [0.717, 1.165) is 38.7 Å². The Labute approximate surface area is 161 Å². The molecule has 2 rings (SSSR count). The van der Waals surface area contributed by atoms with E-state index in [1.54, 1.807) is 6.92 Å². The molecule has 0 saturated carbocycles. The molecule has 142 valence electrons. The summed E-state index contributed by atoms with van der Waals surface area (Å²) >= 11 is 3.51. The molecule has 0 aromatic carbocycles. The molecule has 2 amide bonds. The van der Waals surface area contributed by atoms with Gasteiger partial charge in [-0.2, -0.15) is 4.31 Å². The summed E-state index contributed by atoms with van der Waals surface area (Å²) in [7, 11) is -2.14. The number of thioether (sulfide) groups is 1. The molecular weight excluding hydrogens is 422 g/mol. The van der Waals surface area contributed by atoms with Crippen molar-refractivity contribution in [3.05, 3.63) is 5.01 Å². The summed E-state index contributed by atoms with van der Waals surface area (Å²) in [5.74, 6) is -0.699. The topological polar surface area (TPSA) is 147 Å². The number of likely N-dealkylation sites (N-methyl/N-ethyl adjacent to an activating group) is 1. The Morgan fingerprint density at radius 2 is 1.69 bits per heavy atom. The molecule has 11 nitrogen and oxygen atoms in total. The van der Waals surface area contributed by atoms with Gasteiger partial charge in [-0.05, 0) is 6.92 Å². The molecule has 0 aliphatic carbocycles. The lowest BCUT2D eigenvalue weighted by Crippen LogP contribution is -2.34. The fourth-order valence-electron chi connectivity index (χ4n) is 1.43. The lowest BCUT2D eigenvalue weighted by Gasteiger charge is -2.12. The third kappa shape index (κ3) is 6.56. The first-order chi connectivity index (χ1) is 12.1. The predicted molar refractivity (Wildman–Crippen MR) is 100 cm³/mol. The van der Waals surface area contributed by atoms with Gasteiger partial charge in [0, 0.05) is 7.05 Å². The van der Waals surface area contributed by atoms with E-state index in [0.29, 0.717) is 9.47 Å². The van der Waals surface area contributed by atoms with Crippen LogP contribution in [-0.4, -0.2) is 70.5 Å². The summed E-state index contributed by atoms with van der Waals surface area (Å²) in [4.78, 5) is 23.6. The number of carbonyl (C=O) groups is 2. The zero-order valence-corrected chi connectivity index (χ0v) is 17.2. The molecule has 0 fully saturated rings. The SMILES string of the molecule is Cc1nnc(NC(=O)CSc2nnc(NC(=O)CN(C)S(C)(=O)=O)s2)s1. The van der Waals surface area contributed by atoms with Gasteiger partial charge in [0.25, 0.3) is 0 Å². The number of hydrogen-bond donors (Lipinski definition) is 2. The zero-order valence-electron chi connectivity index (χ0n) is 13.9. The van der Waals surface area contributed by atoms with Crippen molar-refractivity contribution < 1.29 is 18.0 Å². The normalized spacial score (nSPS) is 11.5. The Bertz CT molecular complexity index is 894. The van der Waals surface area contributed by atoms with Crippen molar-refractivity contribution in [2.75, 3.05) is 36.2 Å². The van der Waals surface area contributed by atoms with E-state index in [9.17, 15) is 18.0 Å². The summed E-state index contributed by atoms with van der Waals surface area (Å²) in [6.45, 7) is 1.46. The van der Waals surface area contributed by atoms with E-state index in [-0.39, 0.29) is 23.3 Å². The van der Waals surface area contributed by atoms with Crippen molar-refractivity contribution in [2.45, 2.75) is 11.3 Å². The third-order valence-electron chi connectivity index (χ3n) is 2.68. The van der Waals surface area contributed by atoms with Gasteiger partial charge in [0.2, 0.25) is 32.1 Å². The Balaban J connectivity index is 1.80. The van der Waals surface area contributed by atoms with Crippen LogP contribution >= 0.6 is 34.4 Å². The van der Waals surface area contributed by atoms with Gasteiger partial charge in [-0.1, -0.05) is 34.4 Å². The summed E-state index contributed by atoms with van der Waals surface area (Å²) < 4.78 is 24.0. The minimum Gasteiger partial charge on any atom is -0.300 e. The molecule has 2 aromatic rings. The summed E-state index contributed by atoms with van der Waals surface area (Å²) in [5.41, 5.74) is 0. The number of rotatable bonds is 8. The monoisotopic (exact) mass is 437 g/mol. The predicted octanol–water partition coefficient (Wildman–Crippen LogP) is 0.259. The van der Waals surface area contributed by atoms with Crippen LogP contribution in [0.2, 0.25) is 0 Å². The first-order valence-electron chi connectivity index (χ1n) is 6.91. The molecule has 15 heteroatoms. The molecule has 0 unspecified atom stereocenters. The van der Waals surface area contributed by atoms with E-state index < -0.39 is 15.9 Å². The molecule has 0 aliphatic rings. The van der Waals surface area contributed by atoms with Gasteiger partial charge in [0.15, 0.2) is 4.34 Å². The number of nitrogens with one attached hydrogen (secondary N) is 2. The largest absolute Gasteiger partial charge is 0.300 e. The van der Waals surface area contributed by atoms with Crippen LogP contribution in [0.25, 0.3) is 0 Å². The van der Waals surface area contributed by atoms with Gasteiger partial charge in [-0.15, -0.1) is 20.4 Å². The Morgan fingerprint density at radius 3 is 2.31 bits per heavy atom. The van der Waals surface area contributed by atoms with Crippen molar-refractivity contribution in [2.24, 2.45) is 0 Å². The maximum Gasteiger partial charge on any atom is 0.241 e. The fourth-order valence-corrected chi connectivity index (χ4v) is 3.95. The molecule has 2 N–H and O–H groups in total. The number of hydrogen-bond acceptors (Lipinski definition) is 11. The maximum atomic E-state index is 11.8. The molecule has 2 heterocycles. The summed E-state index contributed by atoms with van der Waals surface area (Å²) in [6.07, 6.45) is 1.01. The highest BCUT2D eigenvalue weighted by atomic mass is 32.2. The molecule has 0 saturated heterocycles. The maximum absolute atomic E-state index is 11.8. The summed E-state index contributed by atoms with van der Waals surface area (Å²) in [6, 6.07) is 0. The van der Waals surface area contributed by atoms with Crippen LogP contribution in [0.5, 0.6) is 0 Å². The lowest BCUT2D eigenvalue weighted by molar-refractivity contribution is -0.116.